The van der Waals surface area contributed by atoms with E-state index in [-0.39, 0.29) is 0 Å². The maximum absolute atomic E-state index is 11.2. The Kier molecular flexibility index (Phi) is 4.69. The van der Waals surface area contributed by atoms with Crippen molar-refractivity contribution in [2.45, 2.75) is 13.3 Å². The van der Waals surface area contributed by atoms with Gasteiger partial charge in [0.25, 0.3) is 0 Å². The fraction of sp³-hybridized carbons (Fsp3) is 0.167. The molecule has 2 aromatic carbocycles. The Hall–Kier alpha value is -2.18. The van der Waals surface area contributed by atoms with Crippen molar-refractivity contribution >= 4 is 27.0 Å². The van der Waals surface area contributed by atoms with E-state index in [0.717, 1.165) is 34.5 Å². The maximum atomic E-state index is 11.2. The van der Waals surface area contributed by atoms with Gasteiger partial charge in [0, 0.05) is 22.2 Å². The smallest absolute Gasteiger partial charge is 0.229 e. The molecule has 24 heavy (non-hydrogen) atoms. The monoisotopic (exact) mass is 358 g/mol. The summed E-state index contributed by atoms with van der Waals surface area (Å²) in [6.07, 6.45) is 2.16. The van der Waals surface area contributed by atoms with Gasteiger partial charge < -0.3 is 0 Å². The zero-order valence-corrected chi connectivity index (χ0v) is 15.1. The van der Waals surface area contributed by atoms with Crippen LogP contribution in [0.1, 0.15) is 12.5 Å². The summed E-state index contributed by atoms with van der Waals surface area (Å²) < 4.78 is 24.9. The van der Waals surface area contributed by atoms with E-state index in [1.807, 2.05) is 17.5 Å². The number of nitrogens with zero attached hydrogens (tertiary/aromatic N) is 1. The molecule has 4 nitrogen and oxygen atoms in total. The predicted molar refractivity (Wildman–Crippen MR) is 101 cm³/mol. The highest BCUT2D eigenvalue weighted by Gasteiger charge is 2.08. The Morgan fingerprint density at radius 2 is 1.62 bits per heavy atom. The van der Waals surface area contributed by atoms with Crippen molar-refractivity contribution in [3.8, 4) is 21.8 Å². The number of anilines is 1. The van der Waals surface area contributed by atoms with Gasteiger partial charge in [-0.15, -0.1) is 11.3 Å². The molecule has 0 aliphatic rings. The van der Waals surface area contributed by atoms with Crippen molar-refractivity contribution in [1.29, 1.82) is 0 Å². The van der Waals surface area contributed by atoms with Gasteiger partial charge in [0.2, 0.25) is 10.0 Å². The molecule has 0 aliphatic heterocycles. The van der Waals surface area contributed by atoms with Gasteiger partial charge in [-0.2, -0.15) is 0 Å². The van der Waals surface area contributed by atoms with Crippen LogP contribution in [0.4, 0.5) is 5.69 Å². The van der Waals surface area contributed by atoms with E-state index in [1.165, 1.54) is 5.56 Å². The van der Waals surface area contributed by atoms with Crippen LogP contribution in [0.25, 0.3) is 21.8 Å². The number of nitrogens with one attached hydrogen (secondary N) is 1. The summed E-state index contributed by atoms with van der Waals surface area (Å²) in [6.45, 7) is 2.14. The first-order chi connectivity index (χ1) is 11.4. The van der Waals surface area contributed by atoms with E-state index >= 15 is 0 Å². The minimum absolute atomic E-state index is 0.548. The first kappa shape index (κ1) is 16.7. The minimum atomic E-state index is -3.26. The van der Waals surface area contributed by atoms with Gasteiger partial charge in [-0.05, 0) is 24.1 Å². The summed E-state index contributed by atoms with van der Waals surface area (Å²) in [4.78, 5) is 4.69. The van der Waals surface area contributed by atoms with Gasteiger partial charge in [0.05, 0.1) is 11.9 Å². The lowest BCUT2D eigenvalue weighted by atomic mass is 10.1. The Morgan fingerprint density at radius 1 is 1.00 bits per heavy atom. The van der Waals surface area contributed by atoms with Crippen LogP contribution >= 0.6 is 11.3 Å². The van der Waals surface area contributed by atoms with Crippen LogP contribution in [0.5, 0.6) is 0 Å². The van der Waals surface area contributed by atoms with Crippen molar-refractivity contribution in [3.63, 3.8) is 0 Å². The third kappa shape index (κ3) is 4.01. The average molecular weight is 358 g/mol. The fourth-order valence-corrected chi connectivity index (χ4v) is 3.74. The third-order valence-corrected chi connectivity index (χ3v) is 5.10. The molecule has 0 bridgehead atoms. The molecule has 1 aromatic heterocycles. The number of aromatic nitrogens is 1. The number of thiazole rings is 1. The van der Waals surface area contributed by atoms with Gasteiger partial charge in [0.1, 0.15) is 5.01 Å². The zero-order valence-electron chi connectivity index (χ0n) is 13.5. The standard InChI is InChI=1S/C18H18N2O2S2/c1-3-13-4-6-15(7-5-13)18-19-17(12-23-18)14-8-10-16(11-9-14)20-24(2,21)22/h4-12,20H,3H2,1-2H3. The van der Waals surface area contributed by atoms with Crippen molar-refractivity contribution in [2.24, 2.45) is 0 Å². The predicted octanol–water partition coefficient (Wildman–Crippen LogP) is 4.41. The molecule has 0 saturated carbocycles. The number of hydrogen-bond donors (Lipinski definition) is 1. The number of rotatable bonds is 5. The molecule has 1 heterocycles. The van der Waals surface area contributed by atoms with Crippen LogP contribution < -0.4 is 4.72 Å². The summed E-state index contributed by atoms with van der Waals surface area (Å²) in [5.74, 6) is 0. The molecule has 0 unspecified atom stereocenters. The van der Waals surface area contributed by atoms with Gasteiger partial charge in [-0.3, -0.25) is 4.72 Å². The quantitative estimate of drug-likeness (QED) is 0.735. The van der Waals surface area contributed by atoms with Crippen molar-refractivity contribution in [2.75, 3.05) is 11.0 Å². The molecule has 3 aromatic rings. The lowest BCUT2D eigenvalue weighted by Gasteiger charge is -2.04. The average Bonchev–Trinajstić information content (AvgIpc) is 3.04. The van der Waals surface area contributed by atoms with Gasteiger partial charge >= 0.3 is 0 Å². The number of sulfonamides is 1. The second-order valence-electron chi connectivity index (χ2n) is 5.54. The van der Waals surface area contributed by atoms with E-state index < -0.39 is 10.0 Å². The largest absolute Gasteiger partial charge is 0.284 e. The highest BCUT2D eigenvalue weighted by Crippen LogP contribution is 2.29. The summed E-state index contributed by atoms with van der Waals surface area (Å²) in [5.41, 5.74) is 4.82. The highest BCUT2D eigenvalue weighted by atomic mass is 32.2. The number of hydrogen-bond acceptors (Lipinski definition) is 4. The Morgan fingerprint density at radius 3 is 2.21 bits per heavy atom. The second kappa shape index (κ2) is 6.75. The third-order valence-electron chi connectivity index (χ3n) is 3.60. The molecule has 0 spiro atoms. The topological polar surface area (TPSA) is 59.1 Å². The van der Waals surface area contributed by atoms with Crippen molar-refractivity contribution < 1.29 is 8.42 Å². The molecular weight excluding hydrogens is 340 g/mol. The second-order valence-corrected chi connectivity index (χ2v) is 8.15. The molecule has 0 amide bonds. The maximum Gasteiger partial charge on any atom is 0.229 e. The molecule has 0 aliphatic carbocycles. The van der Waals surface area contributed by atoms with Gasteiger partial charge in [-0.25, -0.2) is 13.4 Å². The van der Waals surface area contributed by atoms with Crippen LogP contribution in [0.15, 0.2) is 53.9 Å². The summed E-state index contributed by atoms with van der Waals surface area (Å²) in [5, 5.41) is 2.99. The molecule has 0 fully saturated rings. The van der Waals surface area contributed by atoms with E-state index in [2.05, 4.69) is 35.9 Å². The van der Waals surface area contributed by atoms with Crippen LogP contribution in [0.2, 0.25) is 0 Å². The lowest BCUT2D eigenvalue weighted by Crippen LogP contribution is -2.09. The number of aryl methyl sites for hydroxylation is 1. The summed E-state index contributed by atoms with van der Waals surface area (Å²) in [6, 6.07) is 15.7. The van der Waals surface area contributed by atoms with Gasteiger partial charge in [-0.1, -0.05) is 43.3 Å². The van der Waals surface area contributed by atoms with E-state index in [0.29, 0.717) is 5.69 Å². The first-order valence-electron chi connectivity index (χ1n) is 7.57. The molecule has 1 N–H and O–H groups in total. The van der Waals surface area contributed by atoms with E-state index in [4.69, 9.17) is 4.98 Å². The molecule has 3 rings (SSSR count). The molecule has 0 atom stereocenters. The molecule has 0 radical (unpaired) electrons. The molecule has 0 saturated heterocycles. The lowest BCUT2D eigenvalue weighted by molar-refractivity contribution is 0.607. The zero-order chi connectivity index (χ0) is 17.2. The molecule has 6 heteroatoms. The van der Waals surface area contributed by atoms with E-state index in [9.17, 15) is 8.42 Å². The van der Waals surface area contributed by atoms with Crippen molar-refractivity contribution in [1.82, 2.24) is 4.98 Å². The fourth-order valence-electron chi connectivity index (χ4n) is 2.35. The van der Waals surface area contributed by atoms with E-state index in [1.54, 1.807) is 23.5 Å². The Bertz CT molecular complexity index is 928. The van der Waals surface area contributed by atoms with Gasteiger partial charge in [0.15, 0.2) is 0 Å². The van der Waals surface area contributed by atoms with Crippen LogP contribution in [0, 0.1) is 0 Å². The highest BCUT2D eigenvalue weighted by molar-refractivity contribution is 7.92. The molecular formula is C18H18N2O2S2. The van der Waals surface area contributed by atoms with Crippen molar-refractivity contribution in [3.05, 3.63) is 59.5 Å². The Labute approximate surface area is 146 Å². The Balaban J connectivity index is 1.82. The summed E-state index contributed by atoms with van der Waals surface area (Å²) >= 11 is 1.60. The SMILES string of the molecule is CCc1ccc(-c2nc(-c3ccc(NS(C)(=O)=O)cc3)cs2)cc1. The normalized spacial score (nSPS) is 11.4. The van der Waals surface area contributed by atoms with Crippen LogP contribution in [0.3, 0.4) is 0 Å². The summed E-state index contributed by atoms with van der Waals surface area (Å²) in [7, 11) is -3.26. The number of benzene rings is 2. The first-order valence-corrected chi connectivity index (χ1v) is 10.3. The molecule has 124 valence electrons. The van der Waals surface area contributed by atoms with Crippen LogP contribution in [-0.2, 0) is 16.4 Å². The minimum Gasteiger partial charge on any atom is -0.284 e. The van der Waals surface area contributed by atoms with Crippen LogP contribution in [-0.4, -0.2) is 19.7 Å².